The van der Waals surface area contributed by atoms with Gasteiger partial charge in [-0.15, -0.1) is 0 Å². The molecule has 3 aromatic heterocycles. The van der Waals surface area contributed by atoms with Crippen molar-refractivity contribution >= 4 is 17.5 Å². The Morgan fingerprint density at radius 1 is 1.20 bits per heavy atom. The molecular weight excluding hydrogens is 320 g/mol. The third-order valence-corrected chi connectivity index (χ3v) is 3.60. The molecule has 8 heteroatoms. The van der Waals surface area contributed by atoms with Gasteiger partial charge in [-0.25, -0.2) is 9.97 Å². The number of carbonyl (C=O) groups excluding carboxylic acids is 1. The Morgan fingerprint density at radius 3 is 2.72 bits per heavy atom. The van der Waals surface area contributed by atoms with Gasteiger partial charge in [-0.2, -0.15) is 0 Å². The van der Waals surface area contributed by atoms with Gasteiger partial charge in [-0.1, -0.05) is 5.16 Å². The van der Waals surface area contributed by atoms with E-state index in [0.717, 1.165) is 12.0 Å². The summed E-state index contributed by atoms with van der Waals surface area (Å²) in [4.78, 5) is 26.3. The number of pyridine rings is 1. The second-order valence-electron chi connectivity index (χ2n) is 5.57. The molecule has 3 heterocycles. The van der Waals surface area contributed by atoms with Crippen molar-refractivity contribution in [1.29, 1.82) is 0 Å². The van der Waals surface area contributed by atoms with Crippen molar-refractivity contribution in [3.05, 3.63) is 60.0 Å². The maximum absolute atomic E-state index is 12.5. The first-order chi connectivity index (χ1) is 12.1. The summed E-state index contributed by atoms with van der Waals surface area (Å²) >= 11 is 0. The largest absolute Gasteiger partial charge is 0.360 e. The Labute approximate surface area is 144 Å². The number of nitrogens with one attached hydrogen (secondary N) is 1. The molecule has 1 amide bonds. The number of rotatable bonds is 6. The van der Waals surface area contributed by atoms with Crippen LogP contribution in [-0.4, -0.2) is 44.5 Å². The summed E-state index contributed by atoms with van der Waals surface area (Å²) in [5, 5.41) is 6.82. The van der Waals surface area contributed by atoms with Gasteiger partial charge >= 0.3 is 0 Å². The number of aromatic nitrogens is 4. The third kappa shape index (κ3) is 4.37. The first-order valence-electron chi connectivity index (χ1n) is 7.78. The Kier molecular flexibility index (Phi) is 4.98. The molecule has 0 saturated carbocycles. The minimum Gasteiger partial charge on any atom is -0.360 e. The van der Waals surface area contributed by atoms with Crippen molar-refractivity contribution in [3.63, 3.8) is 0 Å². The molecule has 0 saturated heterocycles. The molecule has 1 N–H and O–H groups in total. The average molecular weight is 338 g/mol. The summed E-state index contributed by atoms with van der Waals surface area (Å²) in [5.41, 5.74) is 1.44. The van der Waals surface area contributed by atoms with Crippen LogP contribution in [0.4, 0.5) is 11.6 Å². The normalized spacial score (nSPS) is 10.5. The zero-order valence-corrected chi connectivity index (χ0v) is 14.0. The monoisotopic (exact) mass is 338 g/mol. The van der Waals surface area contributed by atoms with Gasteiger partial charge in [0.25, 0.3) is 5.91 Å². The van der Waals surface area contributed by atoms with Crippen molar-refractivity contribution in [1.82, 2.24) is 25.0 Å². The summed E-state index contributed by atoms with van der Waals surface area (Å²) in [6.45, 7) is 2.38. The van der Waals surface area contributed by atoms with Crippen molar-refractivity contribution in [2.24, 2.45) is 0 Å². The second-order valence-corrected chi connectivity index (χ2v) is 5.57. The molecule has 0 unspecified atom stereocenters. The van der Waals surface area contributed by atoms with E-state index in [1.807, 2.05) is 12.1 Å². The maximum atomic E-state index is 12.5. The molecule has 0 aliphatic carbocycles. The van der Waals surface area contributed by atoms with Crippen LogP contribution in [0.2, 0.25) is 0 Å². The fraction of sp³-hybridized carbons (Fsp3) is 0.235. The standard InChI is InChI=1S/C17H18N6O2/c1-12-9-16(22-25-12)21-15-10-14(19-11-20-15)17(24)23(2)8-5-13-3-6-18-7-4-13/h3-4,6-7,9-11H,5,8H2,1-2H3,(H,19,20,21,22). The first-order valence-corrected chi connectivity index (χ1v) is 7.78. The van der Waals surface area contributed by atoms with Crippen LogP contribution in [0.15, 0.2) is 47.5 Å². The second kappa shape index (κ2) is 7.52. The van der Waals surface area contributed by atoms with E-state index in [1.54, 1.807) is 43.4 Å². The van der Waals surface area contributed by atoms with Crippen LogP contribution in [0.1, 0.15) is 21.8 Å². The van der Waals surface area contributed by atoms with Crippen molar-refractivity contribution in [2.75, 3.05) is 18.9 Å². The Morgan fingerprint density at radius 2 is 2.00 bits per heavy atom. The highest BCUT2D eigenvalue weighted by Crippen LogP contribution is 2.15. The van der Waals surface area contributed by atoms with Crippen LogP contribution >= 0.6 is 0 Å². The predicted molar refractivity (Wildman–Crippen MR) is 91.5 cm³/mol. The minimum absolute atomic E-state index is 0.171. The number of amides is 1. The first kappa shape index (κ1) is 16.6. The van der Waals surface area contributed by atoms with E-state index in [2.05, 4.69) is 25.4 Å². The molecule has 0 bridgehead atoms. The molecule has 0 aromatic carbocycles. The lowest BCUT2D eigenvalue weighted by molar-refractivity contribution is 0.0790. The number of likely N-dealkylation sites (N-methyl/N-ethyl adjacent to an activating group) is 1. The van der Waals surface area contributed by atoms with Gasteiger partial charge in [0.15, 0.2) is 5.82 Å². The molecule has 0 radical (unpaired) electrons. The highest BCUT2D eigenvalue weighted by molar-refractivity contribution is 5.92. The zero-order chi connectivity index (χ0) is 17.6. The van der Waals surface area contributed by atoms with Gasteiger partial charge in [0.1, 0.15) is 23.6 Å². The predicted octanol–water partition coefficient (Wildman–Crippen LogP) is 2.23. The topological polar surface area (TPSA) is 97.0 Å². The quantitative estimate of drug-likeness (QED) is 0.736. The summed E-state index contributed by atoms with van der Waals surface area (Å²) < 4.78 is 4.99. The zero-order valence-electron chi connectivity index (χ0n) is 14.0. The average Bonchev–Trinajstić information content (AvgIpc) is 3.05. The molecule has 25 heavy (non-hydrogen) atoms. The Bertz CT molecular complexity index is 849. The van der Waals surface area contributed by atoms with Crippen molar-refractivity contribution in [2.45, 2.75) is 13.3 Å². The highest BCUT2D eigenvalue weighted by Gasteiger charge is 2.14. The van der Waals surface area contributed by atoms with Crippen LogP contribution in [0.25, 0.3) is 0 Å². The number of nitrogens with zero attached hydrogens (tertiary/aromatic N) is 5. The van der Waals surface area contributed by atoms with E-state index < -0.39 is 0 Å². The van der Waals surface area contributed by atoms with E-state index in [1.165, 1.54) is 6.33 Å². The molecule has 0 fully saturated rings. The minimum atomic E-state index is -0.171. The van der Waals surface area contributed by atoms with Crippen LogP contribution in [0.5, 0.6) is 0 Å². The molecule has 3 rings (SSSR count). The summed E-state index contributed by atoms with van der Waals surface area (Å²) in [5.74, 6) is 1.52. The fourth-order valence-electron chi connectivity index (χ4n) is 2.24. The van der Waals surface area contributed by atoms with Gasteiger partial charge < -0.3 is 14.7 Å². The van der Waals surface area contributed by atoms with Gasteiger partial charge in [-0.05, 0) is 31.0 Å². The number of hydrogen-bond donors (Lipinski definition) is 1. The molecular formula is C17H18N6O2. The van der Waals surface area contributed by atoms with Gasteiger partial charge in [0, 0.05) is 38.1 Å². The lowest BCUT2D eigenvalue weighted by Gasteiger charge is -2.16. The molecule has 0 atom stereocenters. The van der Waals surface area contributed by atoms with Crippen molar-refractivity contribution < 1.29 is 9.32 Å². The van der Waals surface area contributed by atoms with Crippen LogP contribution in [-0.2, 0) is 6.42 Å². The lowest BCUT2D eigenvalue weighted by atomic mass is 10.2. The Balaban J connectivity index is 1.64. The maximum Gasteiger partial charge on any atom is 0.272 e. The number of anilines is 2. The van der Waals surface area contributed by atoms with Crippen molar-refractivity contribution in [3.8, 4) is 0 Å². The smallest absolute Gasteiger partial charge is 0.272 e. The molecule has 8 nitrogen and oxygen atoms in total. The van der Waals surface area contributed by atoms with E-state index in [9.17, 15) is 4.79 Å². The van der Waals surface area contributed by atoms with Gasteiger partial charge in [0.05, 0.1) is 0 Å². The van der Waals surface area contributed by atoms with E-state index in [0.29, 0.717) is 29.6 Å². The summed E-state index contributed by atoms with van der Waals surface area (Å²) in [7, 11) is 1.75. The number of hydrogen-bond acceptors (Lipinski definition) is 7. The molecule has 0 aliphatic heterocycles. The molecule has 128 valence electrons. The van der Waals surface area contributed by atoms with Gasteiger partial charge in [-0.3, -0.25) is 9.78 Å². The SMILES string of the molecule is Cc1cc(Nc2cc(C(=O)N(C)CCc3ccncc3)ncn2)no1. The Hall–Kier alpha value is -3.29. The van der Waals surface area contributed by atoms with Crippen LogP contribution in [0.3, 0.4) is 0 Å². The van der Waals surface area contributed by atoms with E-state index in [4.69, 9.17) is 4.52 Å². The number of carbonyl (C=O) groups is 1. The highest BCUT2D eigenvalue weighted by atomic mass is 16.5. The fourth-order valence-corrected chi connectivity index (χ4v) is 2.24. The number of aryl methyl sites for hydroxylation is 1. The lowest BCUT2D eigenvalue weighted by Crippen LogP contribution is -2.29. The summed E-state index contributed by atoms with van der Waals surface area (Å²) in [6.07, 6.45) is 5.58. The van der Waals surface area contributed by atoms with E-state index >= 15 is 0 Å². The summed E-state index contributed by atoms with van der Waals surface area (Å²) in [6, 6.07) is 7.20. The molecule has 3 aromatic rings. The van der Waals surface area contributed by atoms with Crippen LogP contribution < -0.4 is 5.32 Å². The van der Waals surface area contributed by atoms with Gasteiger partial charge in [0.2, 0.25) is 0 Å². The third-order valence-electron chi connectivity index (χ3n) is 3.60. The van der Waals surface area contributed by atoms with E-state index in [-0.39, 0.29) is 5.91 Å². The molecule has 0 spiro atoms. The van der Waals surface area contributed by atoms with Crippen LogP contribution in [0, 0.1) is 6.92 Å². The molecule has 0 aliphatic rings.